The maximum absolute atomic E-state index is 12.1. The summed E-state index contributed by atoms with van der Waals surface area (Å²) in [6.45, 7) is -1.29. The second-order valence-electron chi connectivity index (χ2n) is 4.21. The lowest BCUT2D eigenvalue weighted by Gasteiger charge is -2.13. The van der Waals surface area contributed by atoms with Crippen LogP contribution in [0.4, 0.5) is 8.78 Å². The molecule has 0 bridgehead atoms. The third kappa shape index (κ3) is 5.64. The number of carbonyl (C=O) groups excluding carboxylic acids is 1. The highest BCUT2D eigenvalue weighted by molar-refractivity contribution is 5.94. The van der Waals surface area contributed by atoms with E-state index >= 15 is 0 Å². The Bertz CT molecular complexity index is 479. The largest absolute Gasteiger partial charge is 0.481 e. The minimum atomic E-state index is -2.96. The van der Waals surface area contributed by atoms with E-state index in [1.807, 2.05) is 0 Å². The molecule has 0 spiro atoms. The molecule has 20 heavy (non-hydrogen) atoms. The zero-order chi connectivity index (χ0) is 15.1. The highest BCUT2D eigenvalue weighted by atomic mass is 19.3. The molecule has 0 aromatic heterocycles. The van der Waals surface area contributed by atoms with Crippen molar-refractivity contribution in [2.45, 2.75) is 32.4 Å². The van der Waals surface area contributed by atoms with Gasteiger partial charge in [0.05, 0.1) is 0 Å². The van der Waals surface area contributed by atoms with Crippen LogP contribution in [0.2, 0.25) is 0 Å². The molecule has 5 nitrogen and oxygen atoms in total. The van der Waals surface area contributed by atoms with Crippen molar-refractivity contribution in [3.05, 3.63) is 29.8 Å². The number of aliphatic carboxylic acids is 1. The number of ether oxygens (including phenoxy) is 1. The number of rotatable bonds is 7. The molecule has 1 atom stereocenters. The van der Waals surface area contributed by atoms with Crippen molar-refractivity contribution >= 4 is 11.9 Å². The average Bonchev–Trinajstić information content (AvgIpc) is 2.36. The summed E-state index contributed by atoms with van der Waals surface area (Å²) in [5.74, 6) is -1.52. The van der Waals surface area contributed by atoms with Gasteiger partial charge in [-0.25, -0.2) is 0 Å². The van der Waals surface area contributed by atoms with Crippen LogP contribution in [-0.4, -0.2) is 29.6 Å². The van der Waals surface area contributed by atoms with Crippen LogP contribution in [0.3, 0.4) is 0 Å². The molecule has 1 amide bonds. The molecule has 0 aliphatic rings. The molecule has 0 saturated carbocycles. The van der Waals surface area contributed by atoms with Crippen LogP contribution in [0.25, 0.3) is 0 Å². The van der Waals surface area contributed by atoms with Gasteiger partial charge in [0.2, 0.25) is 0 Å². The topological polar surface area (TPSA) is 75.6 Å². The number of halogens is 2. The molecular formula is C13H15F2NO4. The highest BCUT2D eigenvalue weighted by Crippen LogP contribution is 2.16. The predicted octanol–water partition coefficient (Wildman–Crippen LogP) is 2.27. The monoisotopic (exact) mass is 287 g/mol. The maximum Gasteiger partial charge on any atom is 0.387 e. The summed E-state index contributed by atoms with van der Waals surface area (Å²) >= 11 is 0. The molecular weight excluding hydrogens is 272 g/mol. The van der Waals surface area contributed by atoms with E-state index in [1.165, 1.54) is 24.3 Å². The van der Waals surface area contributed by atoms with Crippen LogP contribution >= 0.6 is 0 Å². The quantitative estimate of drug-likeness (QED) is 0.806. The van der Waals surface area contributed by atoms with Gasteiger partial charge in [-0.3, -0.25) is 9.59 Å². The molecule has 1 unspecified atom stereocenters. The zero-order valence-electron chi connectivity index (χ0n) is 10.8. The van der Waals surface area contributed by atoms with Gasteiger partial charge in [-0.1, -0.05) is 6.07 Å². The fourth-order valence-corrected chi connectivity index (χ4v) is 1.53. The average molecular weight is 287 g/mol. The van der Waals surface area contributed by atoms with Gasteiger partial charge in [0.1, 0.15) is 5.75 Å². The Morgan fingerprint density at radius 3 is 2.70 bits per heavy atom. The Labute approximate surface area is 114 Å². The number of carboxylic acid groups (broad SMARTS) is 1. The Balaban J connectivity index is 2.60. The molecule has 1 aromatic rings. The van der Waals surface area contributed by atoms with Crippen molar-refractivity contribution in [2.75, 3.05) is 0 Å². The first kappa shape index (κ1) is 15.9. The zero-order valence-corrected chi connectivity index (χ0v) is 10.8. The lowest BCUT2D eigenvalue weighted by molar-refractivity contribution is -0.137. The Morgan fingerprint density at radius 1 is 1.40 bits per heavy atom. The predicted molar refractivity (Wildman–Crippen MR) is 66.9 cm³/mol. The Kier molecular flexibility index (Phi) is 5.89. The lowest BCUT2D eigenvalue weighted by atomic mass is 10.1. The van der Waals surface area contributed by atoms with Crippen molar-refractivity contribution in [2.24, 2.45) is 0 Å². The molecule has 1 aromatic carbocycles. The molecule has 7 heteroatoms. The third-order valence-corrected chi connectivity index (χ3v) is 2.49. The number of carbonyl (C=O) groups is 2. The van der Waals surface area contributed by atoms with Gasteiger partial charge in [-0.05, 0) is 31.5 Å². The summed E-state index contributed by atoms with van der Waals surface area (Å²) in [7, 11) is 0. The molecule has 0 fully saturated rings. The number of hydrogen-bond acceptors (Lipinski definition) is 3. The van der Waals surface area contributed by atoms with Gasteiger partial charge < -0.3 is 15.2 Å². The molecule has 2 N–H and O–H groups in total. The number of amides is 1. The summed E-state index contributed by atoms with van der Waals surface area (Å²) in [6, 6.07) is 5.06. The van der Waals surface area contributed by atoms with Crippen LogP contribution in [0.5, 0.6) is 5.75 Å². The van der Waals surface area contributed by atoms with E-state index in [1.54, 1.807) is 6.92 Å². The van der Waals surface area contributed by atoms with Crippen LogP contribution in [0.1, 0.15) is 30.1 Å². The van der Waals surface area contributed by atoms with Crippen LogP contribution in [0, 0.1) is 0 Å². The van der Waals surface area contributed by atoms with Crippen molar-refractivity contribution in [3.63, 3.8) is 0 Å². The van der Waals surface area contributed by atoms with Gasteiger partial charge in [-0.2, -0.15) is 8.78 Å². The van der Waals surface area contributed by atoms with Crippen molar-refractivity contribution in [3.8, 4) is 5.75 Å². The van der Waals surface area contributed by atoms with Crippen LogP contribution < -0.4 is 10.1 Å². The standard InChI is InChI=1S/C13H15F2NO4/c1-8(5-6-11(17)18)16-12(19)9-3-2-4-10(7-9)20-13(14)15/h2-4,7-8,13H,5-6H2,1H3,(H,16,19)(H,17,18). The van der Waals surface area contributed by atoms with Crippen molar-refractivity contribution in [1.82, 2.24) is 5.32 Å². The maximum atomic E-state index is 12.1. The van der Waals surface area contributed by atoms with Crippen molar-refractivity contribution < 1.29 is 28.2 Å². The van der Waals surface area contributed by atoms with Gasteiger partial charge in [0.15, 0.2) is 0 Å². The van der Waals surface area contributed by atoms with Gasteiger partial charge in [-0.15, -0.1) is 0 Å². The fourth-order valence-electron chi connectivity index (χ4n) is 1.53. The third-order valence-electron chi connectivity index (χ3n) is 2.49. The SMILES string of the molecule is CC(CCC(=O)O)NC(=O)c1cccc(OC(F)F)c1. The van der Waals surface area contributed by atoms with E-state index in [-0.39, 0.29) is 30.2 Å². The number of nitrogens with one attached hydrogen (secondary N) is 1. The van der Waals surface area contributed by atoms with E-state index in [2.05, 4.69) is 10.1 Å². The lowest BCUT2D eigenvalue weighted by Crippen LogP contribution is -2.32. The van der Waals surface area contributed by atoms with E-state index in [4.69, 9.17) is 5.11 Å². The first-order valence-electron chi connectivity index (χ1n) is 5.96. The van der Waals surface area contributed by atoms with Crippen LogP contribution in [-0.2, 0) is 4.79 Å². The Morgan fingerprint density at radius 2 is 2.10 bits per heavy atom. The highest BCUT2D eigenvalue weighted by Gasteiger charge is 2.12. The summed E-state index contributed by atoms with van der Waals surface area (Å²) in [6.07, 6.45) is 0.226. The normalized spacial score (nSPS) is 12.0. The molecule has 0 heterocycles. The molecule has 1 rings (SSSR count). The molecule has 0 aliphatic heterocycles. The van der Waals surface area contributed by atoms with E-state index in [0.29, 0.717) is 0 Å². The smallest absolute Gasteiger partial charge is 0.387 e. The fraction of sp³-hybridized carbons (Fsp3) is 0.385. The summed E-state index contributed by atoms with van der Waals surface area (Å²) in [4.78, 5) is 22.2. The van der Waals surface area contributed by atoms with Gasteiger partial charge >= 0.3 is 12.6 Å². The number of benzene rings is 1. The van der Waals surface area contributed by atoms with Crippen molar-refractivity contribution in [1.29, 1.82) is 0 Å². The van der Waals surface area contributed by atoms with Crippen LogP contribution in [0.15, 0.2) is 24.3 Å². The molecule has 110 valence electrons. The summed E-state index contributed by atoms with van der Waals surface area (Å²) < 4.78 is 28.3. The minimum absolute atomic E-state index is 0.0595. The molecule has 0 saturated heterocycles. The Hall–Kier alpha value is -2.18. The van der Waals surface area contributed by atoms with Gasteiger partial charge in [0, 0.05) is 18.0 Å². The second kappa shape index (κ2) is 7.42. The summed E-state index contributed by atoms with van der Waals surface area (Å²) in [5, 5.41) is 11.1. The first-order chi connectivity index (χ1) is 9.38. The number of hydrogen-bond donors (Lipinski definition) is 2. The molecule has 0 radical (unpaired) electrons. The second-order valence-corrected chi connectivity index (χ2v) is 4.21. The van der Waals surface area contributed by atoms with E-state index < -0.39 is 18.5 Å². The first-order valence-corrected chi connectivity index (χ1v) is 5.96. The van der Waals surface area contributed by atoms with Gasteiger partial charge in [0.25, 0.3) is 5.91 Å². The minimum Gasteiger partial charge on any atom is -0.481 e. The van der Waals surface area contributed by atoms with E-state index in [0.717, 1.165) is 0 Å². The molecule has 0 aliphatic carbocycles. The number of alkyl halides is 2. The number of carboxylic acids is 1. The summed E-state index contributed by atoms with van der Waals surface area (Å²) in [5.41, 5.74) is 0.172. The van der Waals surface area contributed by atoms with E-state index in [9.17, 15) is 18.4 Å².